The van der Waals surface area contributed by atoms with Crippen LogP contribution in [0.5, 0.6) is 5.88 Å². The summed E-state index contributed by atoms with van der Waals surface area (Å²) in [6.07, 6.45) is 0.253. The van der Waals surface area contributed by atoms with Crippen LogP contribution in [0.15, 0.2) is 30.3 Å². The van der Waals surface area contributed by atoms with Crippen LogP contribution in [0.2, 0.25) is 0 Å². The first-order valence-corrected chi connectivity index (χ1v) is 6.95. The molecule has 2 aromatic rings. The summed E-state index contributed by atoms with van der Waals surface area (Å²) in [7, 11) is 4.88. The number of rotatable bonds is 5. The molecule has 6 heteroatoms. The van der Waals surface area contributed by atoms with Crippen molar-refractivity contribution in [2.24, 2.45) is 0 Å². The highest BCUT2D eigenvalue weighted by Crippen LogP contribution is 2.23. The zero-order valence-electron chi connectivity index (χ0n) is 12.9. The van der Waals surface area contributed by atoms with Crippen LogP contribution in [0.4, 0.5) is 0 Å². The molecule has 0 fully saturated rings. The predicted molar refractivity (Wildman–Crippen MR) is 83.9 cm³/mol. The minimum absolute atomic E-state index is 0.0376. The van der Waals surface area contributed by atoms with Gasteiger partial charge >= 0.3 is 0 Å². The number of methoxy groups -OCH3 is 1. The fourth-order valence-corrected chi connectivity index (χ4v) is 2.04. The number of fused-ring (bicyclic) bond motifs is 1. The molecular formula is C16H19N3O3. The molecule has 116 valence electrons. The molecule has 0 unspecified atom stereocenters. The largest absolute Gasteiger partial charge is 0.481 e. The van der Waals surface area contributed by atoms with E-state index in [0.29, 0.717) is 5.88 Å². The Morgan fingerprint density at radius 2 is 2.00 bits per heavy atom. The molecule has 0 saturated heterocycles. The maximum absolute atomic E-state index is 12.2. The Bertz CT molecular complexity index is 698. The van der Waals surface area contributed by atoms with E-state index in [1.54, 1.807) is 20.2 Å². The fraction of sp³-hybridized carbons (Fsp3) is 0.312. The van der Waals surface area contributed by atoms with E-state index in [-0.39, 0.29) is 30.5 Å². The molecule has 1 heterocycles. The average Bonchev–Trinajstić information content (AvgIpc) is 2.53. The molecule has 0 aliphatic heterocycles. The van der Waals surface area contributed by atoms with Gasteiger partial charge in [0.2, 0.25) is 11.8 Å². The van der Waals surface area contributed by atoms with E-state index in [1.807, 2.05) is 24.3 Å². The Balaban J connectivity index is 2.13. The number of carbonyl (C=O) groups excluding carboxylic acids is 2. The van der Waals surface area contributed by atoms with E-state index < -0.39 is 0 Å². The number of nitrogens with zero attached hydrogens (tertiary/aromatic N) is 2. The first kappa shape index (κ1) is 15.8. The highest BCUT2D eigenvalue weighted by atomic mass is 16.5. The molecule has 0 radical (unpaired) electrons. The molecule has 2 amide bonds. The molecule has 1 aromatic carbocycles. The molecule has 0 spiro atoms. The maximum atomic E-state index is 12.2. The number of benzene rings is 1. The smallest absolute Gasteiger partial charge is 0.270 e. The van der Waals surface area contributed by atoms with Gasteiger partial charge in [0, 0.05) is 32.4 Å². The third-order valence-corrected chi connectivity index (χ3v) is 3.25. The van der Waals surface area contributed by atoms with Gasteiger partial charge in [0.05, 0.1) is 7.11 Å². The molecule has 22 heavy (non-hydrogen) atoms. The van der Waals surface area contributed by atoms with E-state index >= 15 is 0 Å². The zero-order chi connectivity index (χ0) is 16.1. The van der Waals surface area contributed by atoms with E-state index in [2.05, 4.69) is 10.3 Å². The summed E-state index contributed by atoms with van der Waals surface area (Å²) in [4.78, 5) is 29.3. The highest BCUT2D eigenvalue weighted by molar-refractivity contribution is 5.98. The normalized spacial score (nSPS) is 10.3. The lowest BCUT2D eigenvalue weighted by molar-refractivity contribution is -0.128. The number of amides is 2. The van der Waals surface area contributed by atoms with Gasteiger partial charge in [-0.3, -0.25) is 9.59 Å². The first-order valence-electron chi connectivity index (χ1n) is 6.95. The van der Waals surface area contributed by atoms with Crippen molar-refractivity contribution < 1.29 is 14.3 Å². The number of hydrogen-bond acceptors (Lipinski definition) is 4. The second-order valence-corrected chi connectivity index (χ2v) is 5.03. The van der Waals surface area contributed by atoms with E-state index in [4.69, 9.17) is 4.74 Å². The van der Waals surface area contributed by atoms with E-state index in [0.717, 1.165) is 10.8 Å². The topological polar surface area (TPSA) is 71.5 Å². The summed E-state index contributed by atoms with van der Waals surface area (Å²) in [5.41, 5.74) is 0.271. The molecule has 0 atom stereocenters. The van der Waals surface area contributed by atoms with Gasteiger partial charge < -0.3 is 15.0 Å². The van der Waals surface area contributed by atoms with Gasteiger partial charge in [-0.1, -0.05) is 18.2 Å². The monoisotopic (exact) mass is 301 g/mol. The van der Waals surface area contributed by atoms with Crippen molar-refractivity contribution in [3.63, 3.8) is 0 Å². The summed E-state index contributed by atoms with van der Waals surface area (Å²) in [6.45, 7) is 0.271. The summed E-state index contributed by atoms with van der Waals surface area (Å²) in [6, 6.07) is 9.27. The quantitative estimate of drug-likeness (QED) is 0.907. The molecule has 6 nitrogen and oxygen atoms in total. The Morgan fingerprint density at radius 3 is 2.68 bits per heavy atom. The van der Waals surface area contributed by atoms with E-state index in [1.165, 1.54) is 12.0 Å². The van der Waals surface area contributed by atoms with Crippen LogP contribution >= 0.6 is 0 Å². The maximum Gasteiger partial charge on any atom is 0.270 e. The van der Waals surface area contributed by atoms with Crippen LogP contribution in [0.3, 0.4) is 0 Å². The van der Waals surface area contributed by atoms with Crippen molar-refractivity contribution in [1.29, 1.82) is 0 Å². The standard InChI is InChI=1S/C16H19N3O3/c1-19(2)14(20)8-9-17-15(21)13-10-11-6-4-5-7-12(11)16(18-13)22-3/h4-7,10H,8-9H2,1-3H3,(H,17,21). The summed E-state index contributed by atoms with van der Waals surface area (Å²) in [5, 5.41) is 4.43. The lowest BCUT2D eigenvalue weighted by Crippen LogP contribution is -2.30. The van der Waals surface area contributed by atoms with Crippen LogP contribution in [-0.4, -0.2) is 49.4 Å². The van der Waals surface area contributed by atoms with Gasteiger partial charge in [0.15, 0.2) is 0 Å². The molecule has 0 bridgehead atoms. The SMILES string of the molecule is COc1nc(C(=O)NCCC(=O)N(C)C)cc2ccccc12. The van der Waals surface area contributed by atoms with Gasteiger partial charge in [-0.15, -0.1) is 0 Å². The summed E-state index contributed by atoms with van der Waals surface area (Å²) >= 11 is 0. The Hall–Kier alpha value is -2.63. The van der Waals surface area contributed by atoms with Crippen molar-refractivity contribution in [3.05, 3.63) is 36.0 Å². The number of aromatic nitrogens is 1. The second-order valence-electron chi connectivity index (χ2n) is 5.03. The first-order chi connectivity index (χ1) is 10.5. The minimum Gasteiger partial charge on any atom is -0.481 e. The van der Waals surface area contributed by atoms with Crippen LogP contribution in [-0.2, 0) is 4.79 Å². The molecular weight excluding hydrogens is 282 g/mol. The second kappa shape index (κ2) is 6.89. The van der Waals surface area contributed by atoms with Gasteiger partial charge in [0.25, 0.3) is 5.91 Å². The van der Waals surface area contributed by atoms with Crippen LogP contribution < -0.4 is 10.1 Å². The van der Waals surface area contributed by atoms with Crippen LogP contribution in [0.25, 0.3) is 10.8 Å². The lowest BCUT2D eigenvalue weighted by Gasteiger charge is -2.11. The number of nitrogens with one attached hydrogen (secondary N) is 1. The van der Waals surface area contributed by atoms with Crippen LogP contribution in [0, 0.1) is 0 Å². The van der Waals surface area contributed by atoms with E-state index in [9.17, 15) is 9.59 Å². The predicted octanol–water partition coefficient (Wildman–Crippen LogP) is 1.45. The number of ether oxygens (including phenoxy) is 1. The minimum atomic E-state index is -0.324. The molecule has 1 N–H and O–H groups in total. The van der Waals surface area contributed by atoms with Gasteiger partial charge in [-0.05, 0) is 17.5 Å². The van der Waals surface area contributed by atoms with Crippen molar-refractivity contribution >= 4 is 22.6 Å². The molecule has 2 rings (SSSR count). The average molecular weight is 301 g/mol. The molecule has 0 aliphatic carbocycles. The van der Waals surface area contributed by atoms with Gasteiger partial charge in [-0.2, -0.15) is 0 Å². The van der Waals surface area contributed by atoms with Crippen molar-refractivity contribution in [3.8, 4) is 5.88 Å². The number of hydrogen-bond donors (Lipinski definition) is 1. The number of pyridine rings is 1. The fourth-order valence-electron chi connectivity index (χ4n) is 2.04. The number of carbonyl (C=O) groups is 2. The lowest BCUT2D eigenvalue weighted by atomic mass is 10.1. The Morgan fingerprint density at radius 1 is 1.27 bits per heavy atom. The summed E-state index contributed by atoms with van der Waals surface area (Å²) < 4.78 is 5.24. The third kappa shape index (κ3) is 3.52. The van der Waals surface area contributed by atoms with Crippen molar-refractivity contribution in [1.82, 2.24) is 15.2 Å². The van der Waals surface area contributed by atoms with Gasteiger partial charge in [0.1, 0.15) is 5.69 Å². The molecule has 0 aliphatic rings. The Labute approximate surface area is 129 Å². The van der Waals surface area contributed by atoms with Crippen molar-refractivity contribution in [2.75, 3.05) is 27.7 Å². The zero-order valence-corrected chi connectivity index (χ0v) is 12.9. The molecule has 0 saturated carbocycles. The van der Waals surface area contributed by atoms with Crippen molar-refractivity contribution in [2.45, 2.75) is 6.42 Å². The molecule has 1 aromatic heterocycles. The van der Waals surface area contributed by atoms with Gasteiger partial charge in [-0.25, -0.2) is 4.98 Å². The third-order valence-electron chi connectivity index (χ3n) is 3.25. The Kier molecular flexibility index (Phi) is 4.93. The summed E-state index contributed by atoms with van der Waals surface area (Å²) in [5.74, 6) is 0.0487. The van der Waals surface area contributed by atoms with Crippen LogP contribution in [0.1, 0.15) is 16.9 Å². The highest BCUT2D eigenvalue weighted by Gasteiger charge is 2.13.